The quantitative estimate of drug-likeness (QED) is 0.352. The first-order valence-electron chi connectivity index (χ1n) is 11.4. The minimum absolute atomic E-state index is 0.146. The number of halogens is 1. The summed E-state index contributed by atoms with van der Waals surface area (Å²) >= 11 is 7.44. The molecule has 0 bridgehead atoms. The molecule has 0 radical (unpaired) electrons. The molecule has 5 heterocycles. The Morgan fingerprint density at radius 1 is 0.974 bits per heavy atom. The number of fused-ring (bicyclic) bond motifs is 1. The van der Waals surface area contributed by atoms with Gasteiger partial charge in [0, 0.05) is 29.2 Å². The van der Waals surface area contributed by atoms with Crippen LogP contribution >= 0.6 is 22.9 Å². The maximum absolute atomic E-state index is 13.3. The van der Waals surface area contributed by atoms with Gasteiger partial charge in [0.2, 0.25) is 5.88 Å². The number of thiazole rings is 1. The van der Waals surface area contributed by atoms with E-state index in [2.05, 4.69) is 30.2 Å². The largest absolute Gasteiger partial charge is 0.494 e. The molecule has 4 aromatic rings. The van der Waals surface area contributed by atoms with E-state index < -0.39 is 0 Å². The van der Waals surface area contributed by atoms with Crippen molar-refractivity contribution < 1.29 is 19.1 Å². The van der Waals surface area contributed by atoms with E-state index in [-0.39, 0.29) is 35.1 Å². The first kappa shape index (κ1) is 25.5. The van der Waals surface area contributed by atoms with Gasteiger partial charge in [0.25, 0.3) is 11.8 Å². The number of aromatic nitrogens is 5. The zero-order chi connectivity index (χ0) is 27.0. The molecule has 194 valence electrons. The SMILES string of the molecule is COc1cnc(Cl)cc1-c1cc(C)ncc1C(=O)Nc1nc2c(s1)CN(C(=O)c1ncc(C)nc1OC)C2. The number of methoxy groups -OCH3 is 2. The molecule has 4 aromatic heterocycles. The van der Waals surface area contributed by atoms with Crippen LogP contribution in [0.1, 0.15) is 42.8 Å². The molecular formula is C25H22ClN7O4S. The third kappa shape index (κ3) is 4.87. The van der Waals surface area contributed by atoms with Crippen LogP contribution in [0.15, 0.2) is 30.7 Å². The number of carbonyl (C=O) groups excluding carboxylic acids is 2. The highest BCUT2D eigenvalue weighted by Gasteiger charge is 2.31. The highest BCUT2D eigenvalue weighted by atomic mass is 35.5. The predicted octanol–water partition coefficient (Wildman–Crippen LogP) is 4.09. The average Bonchev–Trinajstić information content (AvgIpc) is 3.47. The molecular weight excluding hydrogens is 530 g/mol. The third-order valence-electron chi connectivity index (χ3n) is 5.85. The Bertz CT molecular complexity index is 1550. The Morgan fingerprint density at radius 3 is 2.53 bits per heavy atom. The van der Waals surface area contributed by atoms with Gasteiger partial charge in [-0.2, -0.15) is 0 Å². The molecule has 11 nitrogen and oxygen atoms in total. The first-order valence-corrected chi connectivity index (χ1v) is 12.6. The van der Waals surface area contributed by atoms with Crippen molar-refractivity contribution in [1.29, 1.82) is 0 Å². The summed E-state index contributed by atoms with van der Waals surface area (Å²) in [7, 11) is 2.97. The highest BCUT2D eigenvalue weighted by Crippen LogP contribution is 2.36. The Balaban J connectivity index is 1.35. The summed E-state index contributed by atoms with van der Waals surface area (Å²) in [6.07, 6.45) is 4.54. The summed E-state index contributed by atoms with van der Waals surface area (Å²) in [6.45, 7) is 4.22. The summed E-state index contributed by atoms with van der Waals surface area (Å²) in [6, 6.07) is 3.43. The van der Waals surface area contributed by atoms with E-state index in [9.17, 15) is 9.59 Å². The molecule has 1 aliphatic rings. The Kier molecular flexibility index (Phi) is 6.91. The van der Waals surface area contributed by atoms with Gasteiger partial charge < -0.3 is 14.4 Å². The fourth-order valence-electron chi connectivity index (χ4n) is 4.05. The van der Waals surface area contributed by atoms with Crippen LogP contribution < -0.4 is 14.8 Å². The second kappa shape index (κ2) is 10.3. The Hall–Kier alpha value is -4.16. The van der Waals surface area contributed by atoms with E-state index in [4.69, 9.17) is 21.1 Å². The van der Waals surface area contributed by atoms with Crippen molar-refractivity contribution in [2.45, 2.75) is 26.9 Å². The minimum Gasteiger partial charge on any atom is -0.494 e. The van der Waals surface area contributed by atoms with Gasteiger partial charge in [0.15, 0.2) is 10.8 Å². The van der Waals surface area contributed by atoms with Crippen LogP contribution in [0.25, 0.3) is 11.1 Å². The molecule has 1 N–H and O–H groups in total. The lowest BCUT2D eigenvalue weighted by Gasteiger charge is -2.16. The number of nitrogens with one attached hydrogen (secondary N) is 1. The summed E-state index contributed by atoms with van der Waals surface area (Å²) in [5.41, 5.74) is 3.78. The number of hydrogen-bond acceptors (Lipinski definition) is 10. The zero-order valence-corrected chi connectivity index (χ0v) is 22.5. The second-order valence-corrected chi connectivity index (χ2v) is 9.92. The van der Waals surface area contributed by atoms with Gasteiger partial charge in [-0.3, -0.25) is 19.9 Å². The van der Waals surface area contributed by atoms with E-state index in [0.717, 1.165) is 10.6 Å². The lowest BCUT2D eigenvalue weighted by atomic mass is 10.0. The molecule has 0 atom stereocenters. The minimum atomic E-state index is -0.387. The van der Waals surface area contributed by atoms with E-state index in [1.807, 2.05) is 6.92 Å². The van der Waals surface area contributed by atoms with E-state index >= 15 is 0 Å². The zero-order valence-electron chi connectivity index (χ0n) is 20.9. The number of rotatable bonds is 6. The topological polar surface area (TPSA) is 132 Å². The van der Waals surface area contributed by atoms with Crippen LogP contribution in [0.2, 0.25) is 5.15 Å². The van der Waals surface area contributed by atoms with Crippen molar-refractivity contribution in [2.75, 3.05) is 19.5 Å². The van der Waals surface area contributed by atoms with Crippen molar-refractivity contribution in [3.63, 3.8) is 0 Å². The number of ether oxygens (including phenoxy) is 2. The fourth-order valence-corrected chi connectivity index (χ4v) is 5.19. The lowest BCUT2D eigenvalue weighted by Crippen LogP contribution is -2.27. The van der Waals surface area contributed by atoms with Gasteiger partial charge in [-0.1, -0.05) is 22.9 Å². The van der Waals surface area contributed by atoms with Crippen molar-refractivity contribution in [2.24, 2.45) is 0 Å². The van der Waals surface area contributed by atoms with E-state index in [0.29, 0.717) is 45.5 Å². The molecule has 13 heteroatoms. The van der Waals surface area contributed by atoms with Crippen LogP contribution in [-0.4, -0.2) is 55.9 Å². The van der Waals surface area contributed by atoms with Crippen LogP contribution in [0.4, 0.5) is 5.13 Å². The van der Waals surface area contributed by atoms with Crippen LogP contribution in [0.5, 0.6) is 11.6 Å². The predicted molar refractivity (Wildman–Crippen MR) is 141 cm³/mol. The summed E-state index contributed by atoms with van der Waals surface area (Å²) in [5, 5.41) is 3.55. The third-order valence-corrected chi connectivity index (χ3v) is 7.05. The molecule has 0 unspecified atom stereocenters. The van der Waals surface area contributed by atoms with E-state index in [1.54, 1.807) is 24.0 Å². The Morgan fingerprint density at radius 2 is 1.79 bits per heavy atom. The summed E-state index contributed by atoms with van der Waals surface area (Å²) < 4.78 is 10.7. The summed E-state index contributed by atoms with van der Waals surface area (Å²) in [5.74, 6) is -0.0318. The van der Waals surface area contributed by atoms with Crippen molar-refractivity contribution in [3.05, 3.63) is 69.1 Å². The molecule has 1 aliphatic heterocycles. The molecule has 5 rings (SSSR count). The highest BCUT2D eigenvalue weighted by molar-refractivity contribution is 7.16. The second-order valence-electron chi connectivity index (χ2n) is 8.45. The lowest BCUT2D eigenvalue weighted by molar-refractivity contribution is 0.0740. The molecule has 0 saturated carbocycles. The number of amides is 2. The smallest absolute Gasteiger partial charge is 0.278 e. The molecule has 0 saturated heterocycles. The van der Waals surface area contributed by atoms with Crippen molar-refractivity contribution >= 4 is 39.9 Å². The number of anilines is 1. The molecule has 0 spiro atoms. The van der Waals surface area contributed by atoms with Gasteiger partial charge in [0.1, 0.15) is 10.9 Å². The maximum Gasteiger partial charge on any atom is 0.278 e. The van der Waals surface area contributed by atoms with Gasteiger partial charge in [0.05, 0.1) is 55.3 Å². The monoisotopic (exact) mass is 551 g/mol. The van der Waals surface area contributed by atoms with Crippen LogP contribution in [-0.2, 0) is 13.1 Å². The molecule has 0 aliphatic carbocycles. The van der Waals surface area contributed by atoms with E-state index in [1.165, 1.54) is 44.1 Å². The van der Waals surface area contributed by atoms with Crippen LogP contribution in [0.3, 0.4) is 0 Å². The van der Waals surface area contributed by atoms with Gasteiger partial charge in [-0.05, 0) is 26.0 Å². The number of aryl methyl sites for hydroxylation is 2. The van der Waals surface area contributed by atoms with Crippen molar-refractivity contribution in [1.82, 2.24) is 29.8 Å². The van der Waals surface area contributed by atoms with Crippen molar-refractivity contribution in [3.8, 4) is 22.8 Å². The molecule has 0 aromatic carbocycles. The molecule has 38 heavy (non-hydrogen) atoms. The first-order chi connectivity index (χ1) is 18.3. The molecule has 2 amide bonds. The number of pyridine rings is 2. The number of carbonyl (C=O) groups is 2. The standard InChI is InChI=1S/C25H22ClN7O4S/c1-12-5-14(15-6-20(26)28-9-18(15)36-3)16(8-27-12)22(34)32-25-31-17-10-33(11-19(17)38-25)24(35)21-23(37-4)30-13(2)7-29-21/h5-9H,10-11H2,1-4H3,(H,31,32,34). The summed E-state index contributed by atoms with van der Waals surface area (Å²) in [4.78, 5) is 50.2. The number of nitrogens with zero attached hydrogens (tertiary/aromatic N) is 6. The molecule has 0 fully saturated rings. The average molecular weight is 552 g/mol. The van der Waals surface area contributed by atoms with Gasteiger partial charge in [-0.15, -0.1) is 0 Å². The number of hydrogen-bond donors (Lipinski definition) is 1. The maximum atomic E-state index is 13.3. The van der Waals surface area contributed by atoms with Gasteiger partial charge in [-0.25, -0.2) is 19.9 Å². The van der Waals surface area contributed by atoms with Crippen LogP contribution in [0, 0.1) is 13.8 Å². The normalized spacial score (nSPS) is 12.3. The van der Waals surface area contributed by atoms with Gasteiger partial charge >= 0.3 is 0 Å². The fraction of sp³-hybridized carbons (Fsp3) is 0.240. The Labute approximate surface area is 226 Å².